The minimum Gasteiger partial charge on any atom is -0.454 e. The van der Waals surface area contributed by atoms with E-state index in [2.05, 4.69) is 0 Å². The number of hydrogen-bond acceptors (Lipinski definition) is 5. The van der Waals surface area contributed by atoms with Crippen molar-refractivity contribution in [2.75, 3.05) is 19.9 Å². The van der Waals surface area contributed by atoms with Crippen LogP contribution in [0.4, 0.5) is 4.39 Å². The highest BCUT2D eigenvalue weighted by Crippen LogP contribution is 2.32. The summed E-state index contributed by atoms with van der Waals surface area (Å²) in [6.45, 7) is 2.32. The summed E-state index contributed by atoms with van der Waals surface area (Å²) in [7, 11) is 0. The largest absolute Gasteiger partial charge is 0.454 e. The van der Waals surface area contributed by atoms with Crippen LogP contribution in [0.5, 0.6) is 11.5 Å². The molecule has 3 rings (SSSR count). The molecule has 0 atom stereocenters. The van der Waals surface area contributed by atoms with E-state index in [1.54, 1.807) is 6.07 Å². The first-order valence-corrected chi connectivity index (χ1v) is 8.16. The number of amides is 1. The Kier molecular flexibility index (Phi) is 5.36. The molecule has 0 spiro atoms. The van der Waals surface area contributed by atoms with Crippen LogP contribution >= 0.6 is 0 Å². The summed E-state index contributed by atoms with van der Waals surface area (Å²) in [6, 6.07) is 10.9. The van der Waals surface area contributed by atoms with Gasteiger partial charge in [-0.1, -0.05) is 18.2 Å². The lowest BCUT2D eigenvalue weighted by atomic mass is 10.2. The summed E-state index contributed by atoms with van der Waals surface area (Å²) in [5, 5.41) is 0. The summed E-state index contributed by atoms with van der Waals surface area (Å²) in [5.41, 5.74) is 0.670. The van der Waals surface area contributed by atoms with Gasteiger partial charge in [0.15, 0.2) is 18.1 Å². The zero-order chi connectivity index (χ0) is 18.5. The molecule has 2 aromatic carbocycles. The van der Waals surface area contributed by atoms with Crippen LogP contribution in [-0.2, 0) is 16.1 Å². The fourth-order valence-corrected chi connectivity index (χ4v) is 2.56. The van der Waals surface area contributed by atoms with Gasteiger partial charge in [0.1, 0.15) is 5.82 Å². The van der Waals surface area contributed by atoms with Gasteiger partial charge in [0.25, 0.3) is 5.91 Å². The average molecular weight is 359 g/mol. The van der Waals surface area contributed by atoms with Crippen molar-refractivity contribution in [2.45, 2.75) is 13.5 Å². The van der Waals surface area contributed by atoms with Crippen LogP contribution in [0.15, 0.2) is 42.5 Å². The van der Waals surface area contributed by atoms with E-state index in [1.807, 2.05) is 19.1 Å². The molecule has 0 aliphatic carbocycles. The number of ether oxygens (including phenoxy) is 3. The Balaban J connectivity index is 1.59. The highest BCUT2D eigenvalue weighted by atomic mass is 19.1. The quantitative estimate of drug-likeness (QED) is 0.742. The molecule has 0 bridgehead atoms. The van der Waals surface area contributed by atoms with Gasteiger partial charge in [-0.25, -0.2) is 9.18 Å². The molecular weight excluding hydrogens is 341 g/mol. The van der Waals surface area contributed by atoms with Gasteiger partial charge in [0, 0.05) is 13.1 Å². The normalized spacial score (nSPS) is 11.9. The molecule has 0 radical (unpaired) electrons. The van der Waals surface area contributed by atoms with Crippen molar-refractivity contribution in [3.05, 3.63) is 59.4 Å². The van der Waals surface area contributed by atoms with Gasteiger partial charge in [0.05, 0.1) is 5.56 Å². The fraction of sp³-hybridized carbons (Fsp3) is 0.263. The average Bonchev–Trinajstić information content (AvgIpc) is 3.12. The summed E-state index contributed by atoms with van der Waals surface area (Å²) in [5.74, 6) is -0.609. The number of benzene rings is 2. The maximum Gasteiger partial charge on any atom is 0.341 e. The number of fused-ring (bicyclic) bond motifs is 1. The van der Waals surface area contributed by atoms with Gasteiger partial charge in [-0.2, -0.15) is 0 Å². The molecule has 1 aliphatic heterocycles. The second kappa shape index (κ2) is 7.86. The van der Waals surface area contributed by atoms with Crippen LogP contribution in [0, 0.1) is 5.82 Å². The molecule has 1 aliphatic rings. The summed E-state index contributed by atoms with van der Waals surface area (Å²) in [6.07, 6.45) is 0. The van der Waals surface area contributed by atoms with Crippen molar-refractivity contribution < 1.29 is 28.2 Å². The molecule has 7 heteroatoms. The molecule has 0 unspecified atom stereocenters. The highest BCUT2D eigenvalue weighted by molar-refractivity contribution is 5.91. The van der Waals surface area contributed by atoms with Crippen LogP contribution in [0.25, 0.3) is 0 Å². The van der Waals surface area contributed by atoms with E-state index >= 15 is 0 Å². The minimum absolute atomic E-state index is 0.182. The first-order chi connectivity index (χ1) is 12.6. The third kappa shape index (κ3) is 3.93. The van der Waals surface area contributed by atoms with Crippen molar-refractivity contribution in [1.29, 1.82) is 0 Å². The summed E-state index contributed by atoms with van der Waals surface area (Å²) >= 11 is 0. The van der Waals surface area contributed by atoms with Crippen molar-refractivity contribution in [3.8, 4) is 11.5 Å². The molecule has 6 nitrogen and oxygen atoms in total. The number of esters is 1. The third-order valence-corrected chi connectivity index (χ3v) is 3.97. The number of halogens is 1. The molecule has 26 heavy (non-hydrogen) atoms. The molecule has 1 heterocycles. The van der Waals surface area contributed by atoms with Crippen LogP contribution in [0.3, 0.4) is 0 Å². The zero-order valence-electron chi connectivity index (χ0n) is 14.2. The van der Waals surface area contributed by atoms with Crippen molar-refractivity contribution in [3.63, 3.8) is 0 Å². The van der Waals surface area contributed by atoms with E-state index in [0.717, 1.165) is 11.6 Å². The van der Waals surface area contributed by atoms with Gasteiger partial charge in [-0.05, 0) is 36.8 Å². The lowest BCUT2D eigenvalue weighted by molar-refractivity contribution is -0.135. The van der Waals surface area contributed by atoms with E-state index in [1.165, 1.54) is 23.1 Å². The number of nitrogens with zero attached hydrogens (tertiary/aromatic N) is 1. The Morgan fingerprint density at radius 1 is 1.15 bits per heavy atom. The molecule has 136 valence electrons. The van der Waals surface area contributed by atoms with Crippen LogP contribution < -0.4 is 9.47 Å². The van der Waals surface area contributed by atoms with E-state index in [-0.39, 0.29) is 18.3 Å². The molecule has 1 amide bonds. The smallest absolute Gasteiger partial charge is 0.341 e. The second-order valence-corrected chi connectivity index (χ2v) is 5.65. The lowest BCUT2D eigenvalue weighted by Gasteiger charge is -2.21. The number of likely N-dealkylation sites (N-methyl/N-ethyl adjacent to an activating group) is 1. The van der Waals surface area contributed by atoms with Crippen molar-refractivity contribution >= 4 is 11.9 Å². The van der Waals surface area contributed by atoms with Crippen LogP contribution in [0.1, 0.15) is 22.8 Å². The highest BCUT2D eigenvalue weighted by Gasteiger charge is 2.19. The Hall–Kier alpha value is -3.09. The van der Waals surface area contributed by atoms with Crippen molar-refractivity contribution in [2.24, 2.45) is 0 Å². The molecule has 2 aromatic rings. The first-order valence-electron chi connectivity index (χ1n) is 8.16. The number of hydrogen-bond donors (Lipinski definition) is 0. The van der Waals surface area contributed by atoms with Gasteiger partial charge in [-0.15, -0.1) is 0 Å². The van der Waals surface area contributed by atoms with E-state index in [9.17, 15) is 14.0 Å². The number of rotatable bonds is 6. The van der Waals surface area contributed by atoms with E-state index < -0.39 is 18.4 Å². The standard InChI is InChI=1S/C19H18FNO5/c1-2-21(10-13-7-8-16-17(9-13)26-12-25-16)18(22)11-24-19(23)14-5-3-4-6-15(14)20/h3-9H,2,10-12H2,1H3. The SMILES string of the molecule is CCN(Cc1ccc2c(c1)OCO2)C(=O)COC(=O)c1ccccc1F. The Bertz CT molecular complexity index is 823. The first kappa shape index (κ1) is 17.7. The monoisotopic (exact) mass is 359 g/mol. The molecule has 0 saturated heterocycles. The lowest BCUT2D eigenvalue weighted by Crippen LogP contribution is -2.34. The van der Waals surface area contributed by atoms with E-state index in [0.29, 0.717) is 24.6 Å². The van der Waals surface area contributed by atoms with Crippen LogP contribution in [-0.4, -0.2) is 36.7 Å². The predicted molar refractivity (Wildman–Crippen MR) is 90.3 cm³/mol. The van der Waals surface area contributed by atoms with Gasteiger partial charge in [-0.3, -0.25) is 4.79 Å². The fourth-order valence-electron chi connectivity index (χ4n) is 2.56. The van der Waals surface area contributed by atoms with Gasteiger partial charge >= 0.3 is 5.97 Å². The second-order valence-electron chi connectivity index (χ2n) is 5.65. The third-order valence-electron chi connectivity index (χ3n) is 3.97. The zero-order valence-corrected chi connectivity index (χ0v) is 14.2. The molecule has 0 fully saturated rings. The molecular formula is C19H18FNO5. The molecule has 0 aromatic heterocycles. The number of carbonyl (C=O) groups excluding carboxylic acids is 2. The van der Waals surface area contributed by atoms with E-state index in [4.69, 9.17) is 14.2 Å². The Labute approximate surface area is 150 Å². The van der Waals surface area contributed by atoms with Crippen molar-refractivity contribution in [1.82, 2.24) is 4.90 Å². The van der Waals surface area contributed by atoms with Crippen LogP contribution in [0.2, 0.25) is 0 Å². The van der Waals surface area contributed by atoms with Gasteiger partial charge < -0.3 is 19.1 Å². The molecule has 0 saturated carbocycles. The Morgan fingerprint density at radius 3 is 2.69 bits per heavy atom. The number of carbonyl (C=O) groups is 2. The maximum absolute atomic E-state index is 13.6. The predicted octanol–water partition coefficient (Wildman–Crippen LogP) is 2.76. The summed E-state index contributed by atoms with van der Waals surface area (Å²) < 4.78 is 29.1. The maximum atomic E-state index is 13.6. The minimum atomic E-state index is -0.865. The Morgan fingerprint density at radius 2 is 1.92 bits per heavy atom. The molecule has 0 N–H and O–H groups in total. The topological polar surface area (TPSA) is 65.1 Å². The van der Waals surface area contributed by atoms with Gasteiger partial charge in [0.2, 0.25) is 6.79 Å². The summed E-state index contributed by atoms with van der Waals surface area (Å²) in [4.78, 5) is 25.8.